The van der Waals surface area contributed by atoms with E-state index in [1.807, 2.05) is 17.8 Å². The van der Waals surface area contributed by atoms with Crippen LogP contribution in [-0.2, 0) is 24.9 Å². The number of rotatable bonds is 8. The number of hydrogen-bond donors (Lipinski definition) is 1. The van der Waals surface area contributed by atoms with Crippen LogP contribution in [0.1, 0.15) is 11.4 Å². The van der Waals surface area contributed by atoms with Crippen LogP contribution in [0.5, 0.6) is 5.75 Å². The van der Waals surface area contributed by atoms with Gasteiger partial charge in [-0.05, 0) is 18.2 Å². The molecule has 0 aliphatic heterocycles. The molecular weight excluding hydrogens is 273 g/mol. The zero-order chi connectivity index (χ0) is 15.1. The van der Waals surface area contributed by atoms with Crippen molar-refractivity contribution in [2.24, 2.45) is 7.05 Å². The van der Waals surface area contributed by atoms with Crippen LogP contribution in [0.3, 0.4) is 0 Å². The van der Waals surface area contributed by atoms with Crippen LogP contribution in [0.25, 0.3) is 0 Å². The Hall–Kier alpha value is -1.92. The molecule has 0 aliphatic carbocycles. The van der Waals surface area contributed by atoms with Crippen molar-refractivity contribution < 1.29 is 13.9 Å². The third kappa shape index (κ3) is 4.54. The number of aromatic nitrogens is 2. The highest BCUT2D eigenvalue weighted by Crippen LogP contribution is 2.20. The van der Waals surface area contributed by atoms with E-state index in [1.165, 1.54) is 12.1 Å². The van der Waals surface area contributed by atoms with E-state index >= 15 is 0 Å². The highest BCUT2D eigenvalue weighted by Gasteiger charge is 2.07. The van der Waals surface area contributed by atoms with Gasteiger partial charge < -0.3 is 19.4 Å². The van der Waals surface area contributed by atoms with Gasteiger partial charge in [-0.15, -0.1) is 0 Å². The van der Waals surface area contributed by atoms with Crippen molar-refractivity contribution in [3.63, 3.8) is 0 Å². The molecule has 114 valence electrons. The molecule has 0 saturated heterocycles. The van der Waals surface area contributed by atoms with Gasteiger partial charge in [0.1, 0.15) is 24.0 Å². The van der Waals surface area contributed by atoms with Crippen LogP contribution >= 0.6 is 0 Å². The highest BCUT2D eigenvalue weighted by molar-refractivity contribution is 5.34. The van der Waals surface area contributed by atoms with Crippen LogP contribution in [-0.4, -0.2) is 29.8 Å². The maximum absolute atomic E-state index is 13.4. The summed E-state index contributed by atoms with van der Waals surface area (Å²) in [7, 11) is 3.55. The molecule has 0 atom stereocenters. The van der Waals surface area contributed by atoms with Gasteiger partial charge in [0.25, 0.3) is 0 Å². The van der Waals surface area contributed by atoms with E-state index in [-0.39, 0.29) is 5.82 Å². The van der Waals surface area contributed by atoms with E-state index in [0.29, 0.717) is 32.1 Å². The molecule has 0 radical (unpaired) electrons. The highest BCUT2D eigenvalue weighted by atomic mass is 19.1. The smallest absolute Gasteiger partial charge is 0.146 e. The first-order valence-electron chi connectivity index (χ1n) is 6.78. The zero-order valence-electron chi connectivity index (χ0n) is 12.3. The van der Waals surface area contributed by atoms with Gasteiger partial charge in [-0.2, -0.15) is 0 Å². The molecule has 1 N–H and O–H groups in total. The number of aryl methyl sites for hydroxylation is 1. The van der Waals surface area contributed by atoms with Crippen LogP contribution in [0.15, 0.2) is 30.6 Å². The van der Waals surface area contributed by atoms with Gasteiger partial charge in [0.15, 0.2) is 0 Å². The van der Waals surface area contributed by atoms with Crippen LogP contribution in [0, 0.1) is 5.82 Å². The maximum atomic E-state index is 13.4. The molecule has 21 heavy (non-hydrogen) atoms. The number of ether oxygens (including phenoxy) is 2. The van der Waals surface area contributed by atoms with Crippen LogP contribution < -0.4 is 10.1 Å². The summed E-state index contributed by atoms with van der Waals surface area (Å²) >= 11 is 0. The summed E-state index contributed by atoms with van der Waals surface area (Å²) in [6.07, 6.45) is 3.58. The predicted molar refractivity (Wildman–Crippen MR) is 77.5 cm³/mol. The van der Waals surface area contributed by atoms with Crippen molar-refractivity contribution in [1.29, 1.82) is 0 Å². The Kier molecular flexibility index (Phi) is 5.71. The fraction of sp³-hybridized carbons (Fsp3) is 0.400. The molecule has 0 unspecified atom stereocenters. The summed E-state index contributed by atoms with van der Waals surface area (Å²) in [6.45, 7) is 2.18. The number of halogens is 1. The van der Waals surface area contributed by atoms with Crippen molar-refractivity contribution in [3.8, 4) is 5.75 Å². The van der Waals surface area contributed by atoms with Crippen molar-refractivity contribution in [1.82, 2.24) is 14.9 Å². The normalized spacial score (nSPS) is 10.8. The van der Waals surface area contributed by atoms with Gasteiger partial charge in [-0.3, -0.25) is 0 Å². The molecule has 0 spiro atoms. The van der Waals surface area contributed by atoms with Gasteiger partial charge in [-0.1, -0.05) is 0 Å². The Morgan fingerprint density at radius 2 is 2.24 bits per heavy atom. The molecule has 0 amide bonds. The molecule has 0 fully saturated rings. The van der Waals surface area contributed by atoms with Crippen molar-refractivity contribution in [2.45, 2.75) is 13.2 Å². The molecule has 1 heterocycles. The Morgan fingerprint density at radius 3 is 2.95 bits per heavy atom. The standard InChI is InChI=1S/C15H20FN3O2/c1-19-7-5-18-15(19)11-21-14-4-3-13(16)9-12(14)10-17-6-8-20-2/h3-5,7,9,17H,6,8,10-11H2,1-2H3. The summed E-state index contributed by atoms with van der Waals surface area (Å²) in [5.74, 6) is 1.20. The molecule has 5 nitrogen and oxygen atoms in total. The lowest BCUT2D eigenvalue weighted by Crippen LogP contribution is -2.19. The average molecular weight is 293 g/mol. The molecule has 0 saturated carbocycles. The molecule has 0 aliphatic rings. The molecule has 0 bridgehead atoms. The summed E-state index contributed by atoms with van der Waals surface area (Å²) in [5.41, 5.74) is 0.778. The second kappa shape index (κ2) is 7.75. The molecule has 1 aromatic carbocycles. The molecule has 2 aromatic rings. The van der Waals surface area contributed by atoms with E-state index < -0.39 is 0 Å². The van der Waals surface area contributed by atoms with Crippen molar-refractivity contribution in [3.05, 3.63) is 47.8 Å². The monoisotopic (exact) mass is 293 g/mol. The number of imidazole rings is 1. The summed E-state index contributed by atoms with van der Waals surface area (Å²) in [5, 5.41) is 3.18. The van der Waals surface area contributed by atoms with Crippen molar-refractivity contribution in [2.75, 3.05) is 20.3 Å². The second-order valence-corrected chi connectivity index (χ2v) is 4.66. The quantitative estimate of drug-likeness (QED) is 0.755. The van der Waals surface area contributed by atoms with E-state index in [0.717, 1.165) is 11.4 Å². The van der Waals surface area contributed by atoms with Crippen molar-refractivity contribution >= 4 is 0 Å². The van der Waals surface area contributed by atoms with E-state index in [4.69, 9.17) is 9.47 Å². The number of nitrogens with zero attached hydrogens (tertiary/aromatic N) is 2. The molecule has 2 rings (SSSR count). The number of methoxy groups -OCH3 is 1. The lowest BCUT2D eigenvalue weighted by Gasteiger charge is -2.12. The Bertz CT molecular complexity index is 572. The second-order valence-electron chi connectivity index (χ2n) is 4.66. The predicted octanol–water partition coefficient (Wildman–Crippen LogP) is 1.87. The largest absolute Gasteiger partial charge is 0.485 e. The Morgan fingerprint density at radius 1 is 1.38 bits per heavy atom. The lowest BCUT2D eigenvalue weighted by atomic mass is 10.2. The van der Waals surface area contributed by atoms with Gasteiger partial charge in [0.05, 0.1) is 6.61 Å². The number of hydrogen-bond acceptors (Lipinski definition) is 4. The Labute approximate surface area is 123 Å². The first-order chi connectivity index (χ1) is 10.2. The number of benzene rings is 1. The maximum Gasteiger partial charge on any atom is 0.146 e. The zero-order valence-corrected chi connectivity index (χ0v) is 12.3. The van der Waals surface area contributed by atoms with Gasteiger partial charge in [-0.25, -0.2) is 9.37 Å². The molecule has 6 heteroatoms. The van der Waals surface area contributed by atoms with E-state index in [9.17, 15) is 4.39 Å². The van der Waals surface area contributed by atoms with Crippen LogP contribution in [0.2, 0.25) is 0 Å². The van der Waals surface area contributed by atoms with Gasteiger partial charge in [0.2, 0.25) is 0 Å². The third-order valence-corrected chi connectivity index (χ3v) is 3.10. The lowest BCUT2D eigenvalue weighted by molar-refractivity contribution is 0.199. The summed E-state index contributed by atoms with van der Waals surface area (Å²) in [6, 6.07) is 4.52. The fourth-order valence-corrected chi connectivity index (χ4v) is 1.90. The first-order valence-corrected chi connectivity index (χ1v) is 6.78. The Balaban J connectivity index is 1.99. The van der Waals surface area contributed by atoms with E-state index in [1.54, 1.807) is 19.4 Å². The SMILES string of the molecule is COCCNCc1cc(F)ccc1OCc1nccn1C. The topological polar surface area (TPSA) is 48.3 Å². The fourth-order valence-electron chi connectivity index (χ4n) is 1.90. The van der Waals surface area contributed by atoms with E-state index in [2.05, 4.69) is 10.3 Å². The minimum absolute atomic E-state index is 0.275. The first kappa shape index (κ1) is 15.5. The minimum atomic E-state index is -0.275. The summed E-state index contributed by atoms with van der Waals surface area (Å²) in [4.78, 5) is 4.20. The molecular formula is C15H20FN3O2. The molecule has 1 aromatic heterocycles. The third-order valence-electron chi connectivity index (χ3n) is 3.10. The number of nitrogens with one attached hydrogen (secondary N) is 1. The summed E-state index contributed by atoms with van der Waals surface area (Å²) < 4.78 is 26.0. The van der Waals surface area contributed by atoms with Gasteiger partial charge in [0, 0.05) is 45.2 Å². The average Bonchev–Trinajstić information content (AvgIpc) is 2.88. The van der Waals surface area contributed by atoms with Crippen LogP contribution in [0.4, 0.5) is 4.39 Å². The van der Waals surface area contributed by atoms with Gasteiger partial charge >= 0.3 is 0 Å². The minimum Gasteiger partial charge on any atom is -0.485 e.